The number of anilines is 1. The highest BCUT2D eigenvalue weighted by atomic mass is 35.5. The van der Waals surface area contributed by atoms with Gasteiger partial charge in [0.25, 0.3) is 0 Å². The van der Waals surface area contributed by atoms with Crippen LogP contribution in [0.2, 0.25) is 5.02 Å². The Bertz CT molecular complexity index is 720. The van der Waals surface area contributed by atoms with E-state index in [0.29, 0.717) is 0 Å². The van der Waals surface area contributed by atoms with E-state index in [2.05, 4.69) is 15.1 Å². The van der Waals surface area contributed by atoms with Crippen molar-refractivity contribution in [3.8, 4) is 11.8 Å². The minimum Gasteiger partial charge on any atom is -0.495 e. The van der Waals surface area contributed by atoms with Gasteiger partial charge in [0.2, 0.25) is 5.91 Å². The van der Waals surface area contributed by atoms with Crippen LogP contribution in [0.1, 0.15) is 38.5 Å². The number of carbonyl (C=O) groups excluding carboxylic acids is 1. The van der Waals surface area contributed by atoms with Crippen LogP contribution in [-0.4, -0.2) is 56.7 Å². The summed E-state index contributed by atoms with van der Waals surface area (Å²) < 4.78 is 5.50. The van der Waals surface area contributed by atoms with Crippen molar-refractivity contribution < 1.29 is 9.53 Å². The topological polar surface area (TPSA) is 68.6 Å². The van der Waals surface area contributed by atoms with E-state index in [4.69, 9.17) is 21.6 Å². The van der Waals surface area contributed by atoms with Crippen LogP contribution in [0.15, 0.2) is 18.2 Å². The number of methoxy groups -OCH3 is 1. The van der Waals surface area contributed by atoms with E-state index < -0.39 is 0 Å². The van der Waals surface area contributed by atoms with Crippen molar-refractivity contribution in [3.63, 3.8) is 0 Å². The minimum atomic E-state index is -0.134. The maximum Gasteiger partial charge on any atom is 0.234 e. The van der Waals surface area contributed by atoms with Crippen molar-refractivity contribution in [1.82, 2.24) is 10.2 Å². The van der Waals surface area contributed by atoms with Crippen LogP contribution < -0.4 is 15.0 Å². The number of ether oxygens (including phenoxy) is 1. The SMILES string of the molecule is COc1ccc(Cl)cc1N1CCN(CCC2CCC(NC(=O)CC#N)CC2)CC1. The first-order chi connectivity index (χ1) is 14.1. The number of nitriles is 1. The van der Waals surface area contributed by atoms with E-state index >= 15 is 0 Å². The molecule has 1 amide bonds. The molecule has 2 fully saturated rings. The molecule has 3 rings (SSSR count). The predicted molar refractivity (Wildman–Crippen MR) is 115 cm³/mol. The second-order valence-corrected chi connectivity index (χ2v) is 8.49. The summed E-state index contributed by atoms with van der Waals surface area (Å²) in [6, 6.07) is 7.95. The van der Waals surface area contributed by atoms with Crippen LogP contribution in [0.25, 0.3) is 0 Å². The fourth-order valence-electron chi connectivity index (χ4n) is 4.43. The smallest absolute Gasteiger partial charge is 0.234 e. The summed E-state index contributed by atoms with van der Waals surface area (Å²) in [5.74, 6) is 1.48. The van der Waals surface area contributed by atoms with Crippen LogP contribution in [0, 0.1) is 17.2 Å². The summed E-state index contributed by atoms with van der Waals surface area (Å²) in [7, 11) is 1.70. The molecule has 0 atom stereocenters. The van der Waals surface area contributed by atoms with E-state index in [1.54, 1.807) is 7.11 Å². The Morgan fingerprint density at radius 2 is 1.97 bits per heavy atom. The van der Waals surface area contributed by atoms with Crippen molar-refractivity contribution >= 4 is 23.2 Å². The molecule has 0 spiro atoms. The van der Waals surface area contributed by atoms with E-state index in [-0.39, 0.29) is 18.4 Å². The predicted octanol–water partition coefficient (Wildman–Crippen LogP) is 3.45. The second-order valence-electron chi connectivity index (χ2n) is 8.05. The van der Waals surface area contributed by atoms with Crippen LogP contribution >= 0.6 is 11.6 Å². The normalized spacial score (nSPS) is 22.7. The Labute approximate surface area is 178 Å². The third-order valence-corrected chi connectivity index (χ3v) is 6.39. The van der Waals surface area contributed by atoms with E-state index in [1.807, 2.05) is 24.3 Å². The molecule has 2 aliphatic rings. The lowest BCUT2D eigenvalue weighted by atomic mass is 9.84. The lowest BCUT2D eigenvalue weighted by Crippen LogP contribution is -2.47. The number of nitrogens with zero attached hydrogens (tertiary/aromatic N) is 3. The molecule has 1 heterocycles. The van der Waals surface area contributed by atoms with Gasteiger partial charge in [-0.25, -0.2) is 0 Å². The molecule has 1 saturated heterocycles. The number of carbonyl (C=O) groups is 1. The Kier molecular flexibility index (Phi) is 8.02. The van der Waals surface area contributed by atoms with Crippen molar-refractivity contribution in [1.29, 1.82) is 5.26 Å². The van der Waals surface area contributed by atoms with Gasteiger partial charge in [0, 0.05) is 37.2 Å². The molecule has 0 bridgehead atoms. The molecular formula is C22H31ClN4O2. The average molecular weight is 419 g/mol. The monoisotopic (exact) mass is 418 g/mol. The molecule has 1 aromatic carbocycles. The number of nitrogens with one attached hydrogen (secondary N) is 1. The lowest BCUT2D eigenvalue weighted by molar-refractivity contribution is -0.121. The van der Waals surface area contributed by atoms with Crippen molar-refractivity contribution in [2.75, 3.05) is 44.7 Å². The van der Waals surface area contributed by atoms with Gasteiger partial charge >= 0.3 is 0 Å². The zero-order chi connectivity index (χ0) is 20.6. The van der Waals surface area contributed by atoms with Gasteiger partial charge in [-0.15, -0.1) is 0 Å². The van der Waals surface area contributed by atoms with Gasteiger partial charge in [0.15, 0.2) is 0 Å². The molecule has 1 aliphatic carbocycles. The van der Waals surface area contributed by atoms with Crippen molar-refractivity contribution in [3.05, 3.63) is 23.2 Å². The van der Waals surface area contributed by atoms with Gasteiger partial charge < -0.3 is 15.0 Å². The highest BCUT2D eigenvalue weighted by Crippen LogP contribution is 2.32. The first kappa shape index (κ1) is 21.7. The highest BCUT2D eigenvalue weighted by molar-refractivity contribution is 6.30. The van der Waals surface area contributed by atoms with Gasteiger partial charge in [-0.2, -0.15) is 5.26 Å². The van der Waals surface area contributed by atoms with Gasteiger partial charge in [-0.1, -0.05) is 11.6 Å². The van der Waals surface area contributed by atoms with Crippen LogP contribution in [-0.2, 0) is 4.79 Å². The van der Waals surface area contributed by atoms with Crippen LogP contribution in [0.3, 0.4) is 0 Å². The molecule has 1 saturated carbocycles. The molecule has 0 radical (unpaired) electrons. The van der Waals surface area contributed by atoms with Crippen LogP contribution in [0.4, 0.5) is 5.69 Å². The summed E-state index contributed by atoms with van der Waals surface area (Å²) in [5.41, 5.74) is 1.08. The summed E-state index contributed by atoms with van der Waals surface area (Å²) in [5, 5.41) is 12.3. The average Bonchev–Trinajstić information content (AvgIpc) is 2.74. The number of amides is 1. The van der Waals surface area contributed by atoms with E-state index in [1.165, 1.54) is 6.42 Å². The molecule has 6 nitrogen and oxygen atoms in total. The fourth-order valence-corrected chi connectivity index (χ4v) is 4.60. The maximum absolute atomic E-state index is 11.6. The molecule has 1 aromatic rings. The molecule has 1 aliphatic heterocycles. The summed E-state index contributed by atoms with van der Waals surface area (Å²) >= 11 is 6.18. The first-order valence-electron chi connectivity index (χ1n) is 10.6. The Hall–Kier alpha value is -1.97. The van der Waals surface area contributed by atoms with E-state index in [9.17, 15) is 4.79 Å². The van der Waals surface area contributed by atoms with Crippen molar-refractivity contribution in [2.45, 2.75) is 44.6 Å². The Balaban J connectivity index is 1.37. The number of piperazine rings is 1. The number of rotatable bonds is 7. The molecule has 7 heteroatoms. The molecule has 158 valence electrons. The van der Waals surface area contributed by atoms with Crippen LogP contribution in [0.5, 0.6) is 5.75 Å². The standard InChI is InChI=1S/C22H31ClN4O2/c1-29-21-7-4-18(23)16-20(21)27-14-12-26(13-15-27)11-9-17-2-5-19(6-3-17)25-22(28)8-10-24/h4,7,16-17,19H,2-3,5-6,8-9,11-15H2,1H3,(H,25,28). The third kappa shape index (κ3) is 6.25. The molecule has 0 aromatic heterocycles. The Morgan fingerprint density at radius 3 is 2.62 bits per heavy atom. The minimum absolute atomic E-state index is 0.0348. The lowest BCUT2D eigenvalue weighted by Gasteiger charge is -2.37. The molecule has 0 unspecified atom stereocenters. The zero-order valence-corrected chi connectivity index (χ0v) is 18.0. The summed E-state index contributed by atoms with van der Waals surface area (Å²) in [6.45, 7) is 5.20. The summed E-state index contributed by atoms with van der Waals surface area (Å²) in [6.07, 6.45) is 5.58. The number of halogens is 1. The molecule has 29 heavy (non-hydrogen) atoms. The van der Waals surface area contributed by atoms with Crippen molar-refractivity contribution in [2.24, 2.45) is 5.92 Å². The molecule has 1 N–H and O–H groups in total. The van der Waals surface area contributed by atoms with Gasteiger partial charge in [0.1, 0.15) is 12.2 Å². The maximum atomic E-state index is 11.6. The number of hydrogen-bond acceptors (Lipinski definition) is 5. The zero-order valence-electron chi connectivity index (χ0n) is 17.2. The van der Waals surface area contributed by atoms with E-state index in [0.717, 1.165) is 80.8 Å². The largest absolute Gasteiger partial charge is 0.495 e. The second kappa shape index (κ2) is 10.7. The third-order valence-electron chi connectivity index (χ3n) is 6.16. The Morgan fingerprint density at radius 1 is 1.24 bits per heavy atom. The molecular weight excluding hydrogens is 388 g/mol. The van der Waals surface area contributed by atoms with Gasteiger partial charge in [-0.3, -0.25) is 9.69 Å². The fraction of sp³-hybridized carbons (Fsp3) is 0.636. The first-order valence-corrected chi connectivity index (χ1v) is 10.9. The number of benzene rings is 1. The summed E-state index contributed by atoms with van der Waals surface area (Å²) in [4.78, 5) is 16.5. The van der Waals surface area contributed by atoms with Gasteiger partial charge in [-0.05, 0) is 62.8 Å². The quantitative estimate of drug-likeness (QED) is 0.734. The highest BCUT2D eigenvalue weighted by Gasteiger charge is 2.24. The van der Waals surface area contributed by atoms with Gasteiger partial charge in [0.05, 0.1) is 18.9 Å². The number of hydrogen-bond donors (Lipinski definition) is 1.